The number of aromatic nitrogens is 2. The largest absolute Gasteiger partial charge is 0.378 e. The van der Waals surface area contributed by atoms with Gasteiger partial charge < -0.3 is 29.6 Å². The van der Waals surface area contributed by atoms with Crippen molar-refractivity contribution in [2.45, 2.75) is 32.4 Å². The van der Waals surface area contributed by atoms with Crippen molar-refractivity contribution in [1.82, 2.24) is 25.1 Å². The van der Waals surface area contributed by atoms with Crippen LogP contribution < -0.4 is 5.32 Å². The number of carbonyl (C=O) groups is 1. The SMILES string of the molecule is CCc1c[nH]c2ncc(-c3cc4c(c([C@@H]5COCCN5)c3)CN(C(=O)N3CCOCC3)CC4)cc12. The number of ether oxygens (including phenoxy) is 2. The first-order chi connectivity index (χ1) is 17.2. The first-order valence-electron chi connectivity index (χ1n) is 12.8. The normalized spacial score (nSPS) is 20.8. The van der Waals surface area contributed by atoms with Crippen molar-refractivity contribution >= 4 is 17.1 Å². The first-order valence-corrected chi connectivity index (χ1v) is 12.8. The van der Waals surface area contributed by atoms with E-state index >= 15 is 0 Å². The van der Waals surface area contributed by atoms with E-state index in [1.54, 1.807) is 0 Å². The molecule has 35 heavy (non-hydrogen) atoms. The molecule has 0 spiro atoms. The highest BCUT2D eigenvalue weighted by molar-refractivity contribution is 5.85. The Morgan fingerprint density at radius 3 is 2.77 bits per heavy atom. The van der Waals surface area contributed by atoms with Gasteiger partial charge in [-0.15, -0.1) is 0 Å². The summed E-state index contributed by atoms with van der Waals surface area (Å²) in [6, 6.07) is 7.09. The van der Waals surface area contributed by atoms with Crippen LogP contribution in [0.2, 0.25) is 0 Å². The van der Waals surface area contributed by atoms with Crippen LogP contribution in [0.25, 0.3) is 22.2 Å². The zero-order valence-corrected chi connectivity index (χ0v) is 20.3. The second kappa shape index (κ2) is 9.60. The molecule has 8 heteroatoms. The fourth-order valence-electron chi connectivity index (χ4n) is 5.57. The van der Waals surface area contributed by atoms with Gasteiger partial charge in [-0.25, -0.2) is 9.78 Å². The molecule has 0 unspecified atom stereocenters. The van der Waals surface area contributed by atoms with Crippen LogP contribution in [0.4, 0.5) is 4.79 Å². The van der Waals surface area contributed by atoms with Gasteiger partial charge in [-0.1, -0.05) is 13.0 Å². The number of nitrogens with zero attached hydrogens (tertiary/aromatic N) is 3. The summed E-state index contributed by atoms with van der Waals surface area (Å²) in [4.78, 5) is 25.2. The number of hydrogen-bond acceptors (Lipinski definition) is 5. The Morgan fingerprint density at radius 2 is 1.97 bits per heavy atom. The molecule has 3 aliphatic heterocycles. The van der Waals surface area contributed by atoms with Gasteiger partial charge in [0.05, 0.1) is 32.5 Å². The topological polar surface area (TPSA) is 82.7 Å². The van der Waals surface area contributed by atoms with E-state index in [1.165, 1.54) is 33.2 Å². The molecule has 2 saturated heterocycles. The molecule has 1 aromatic carbocycles. The number of rotatable bonds is 3. The molecule has 0 aliphatic carbocycles. The van der Waals surface area contributed by atoms with Gasteiger partial charge in [0, 0.05) is 56.1 Å². The number of aromatic amines is 1. The zero-order valence-electron chi connectivity index (χ0n) is 20.3. The third kappa shape index (κ3) is 4.30. The van der Waals surface area contributed by atoms with Crippen molar-refractivity contribution in [1.29, 1.82) is 0 Å². The van der Waals surface area contributed by atoms with Crippen molar-refractivity contribution in [2.24, 2.45) is 0 Å². The van der Waals surface area contributed by atoms with Gasteiger partial charge >= 0.3 is 6.03 Å². The van der Waals surface area contributed by atoms with Crippen LogP contribution in [0, 0.1) is 0 Å². The van der Waals surface area contributed by atoms with Gasteiger partial charge in [0.15, 0.2) is 0 Å². The summed E-state index contributed by atoms with van der Waals surface area (Å²) in [5.41, 5.74) is 8.34. The molecular weight excluding hydrogens is 442 g/mol. The maximum atomic E-state index is 13.2. The quantitative estimate of drug-likeness (QED) is 0.608. The second-order valence-electron chi connectivity index (χ2n) is 9.63. The molecule has 2 fully saturated rings. The maximum Gasteiger partial charge on any atom is 0.320 e. The lowest BCUT2D eigenvalue weighted by atomic mass is 9.87. The smallest absolute Gasteiger partial charge is 0.320 e. The number of H-pyrrole nitrogens is 1. The fourth-order valence-corrected chi connectivity index (χ4v) is 5.57. The molecule has 0 bridgehead atoms. The number of fused-ring (bicyclic) bond motifs is 2. The Hall–Kier alpha value is -2.94. The minimum absolute atomic E-state index is 0.117. The average Bonchev–Trinajstić information content (AvgIpc) is 3.35. The van der Waals surface area contributed by atoms with Crippen LogP contribution in [0.15, 0.2) is 30.6 Å². The molecule has 2 aromatic heterocycles. The summed E-state index contributed by atoms with van der Waals surface area (Å²) in [5.74, 6) is 0. The number of aryl methyl sites for hydroxylation is 1. The van der Waals surface area contributed by atoms with Crippen LogP contribution in [0.3, 0.4) is 0 Å². The average molecular weight is 476 g/mol. The fraction of sp³-hybridized carbons (Fsp3) is 0.481. The summed E-state index contributed by atoms with van der Waals surface area (Å²) in [6.07, 6.45) is 5.84. The monoisotopic (exact) mass is 475 g/mol. The molecule has 0 saturated carbocycles. The number of carbonyl (C=O) groups excluding carboxylic acids is 1. The molecule has 1 atom stereocenters. The van der Waals surface area contributed by atoms with E-state index in [4.69, 9.17) is 14.5 Å². The van der Waals surface area contributed by atoms with Gasteiger partial charge in [-0.2, -0.15) is 0 Å². The minimum atomic E-state index is 0.117. The lowest BCUT2D eigenvalue weighted by Crippen LogP contribution is -2.49. The van der Waals surface area contributed by atoms with Gasteiger partial charge in [-0.3, -0.25) is 0 Å². The standard InChI is InChI=1S/C27H33N5O3/c1-2-18-14-29-26-22(18)13-21(15-30-26)20-11-19-3-5-32(27(33)31-6-9-34-10-7-31)16-24(19)23(12-20)25-17-35-8-4-28-25/h11-15,25,28H,2-10,16-17H2,1H3,(H,29,30)/t25-/m0/s1. The van der Waals surface area contributed by atoms with Crippen molar-refractivity contribution in [2.75, 3.05) is 52.6 Å². The van der Waals surface area contributed by atoms with E-state index in [9.17, 15) is 4.79 Å². The summed E-state index contributed by atoms with van der Waals surface area (Å²) < 4.78 is 11.3. The van der Waals surface area contributed by atoms with Crippen LogP contribution in [-0.2, 0) is 28.9 Å². The van der Waals surface area contributed by atoms with Crippen molar-refractivity contribution in [3.63, 3.8) is 0 Å². The number of morpholine rings is 2. The Kier molecular flexibility index (Phi) is 6.18. The van der Waals surface area contributed by atoms with E-state index in [0.29, 0.717) is 39.5 Å². The molecule has 6 rings (SSSR count). The summed E-state index contributed by atoms with van der Waals surface area (Å²) >= 11 is 0. The molecule has 3 aromatic rings. The predicted octanol–water partition coefficient (Wildman–Crippen LogP) is 3.26. The summed E-state index contributed by atoms with van der Waals surface area (Å²) in [5, 5.41) is 4.83. The number of pyridine rings is 1. The Bertz CT molecular complexity index is 1230. The molecule has 5 heterocycles. The molecular formula is C27H33N5O3. The molecule has 8 nitrogen and oxygen atoms in total. The summed E-state index contributed by atoms with van der Waals surface area (Å²) in [6.45, 7) is 8.31. The molecule has 2 N–H and O–H groups in total. The van der Waals surface area contributed by atoms with E-state index in [0.717, 1.165) is 43.7 Å². The van der Waals surface area contributed by atoms with Crippen molar-refractivity contribution in [3.05, 3.63) is 52.8 Å². The Labute approximate surface area is 205 Å². The third-order valence-corrected chi connectivity index (χ3v) is 7.56. The lowest BCUT2D eigenvalue weighted by molar-refractivity contribution is 0.0420. The number of hydrogen-bond donors (Lipinski definition) is 2. The van der Waals surface area contributed by atoms with E-state index < -0.39 is 0 Å². The number of benzene rings is 1. The van der Waals surface area contributed by atoms with E-state index in [1.807, 2.05) is 16.0 Å². The van der Waals surface area contributed by atoms with Crippen LogP contribution in [0.1, 0.15) is 35.2 Å². The maximum absolute atomic E-state index is 13.2. The number of urea groups is 1. The Morgan fingerprint density at radius 1 is 1.09 bits per heavy atom. The van der Waals surface area contributed by atoms with Crippen LogP contribution in [-0.4, -0.2) is 78.4 Å². The van der Waals surface area contributed by atoms with Crippen LogP contribution >= 0.6 is 0 Å². The van der Waals surface area contributed by atoms with E-state index in [-0.39, 0.29) is 12.1 Å². The highest BCUT2D eigenvalue weighted by Crippen LogP contribution is 2.35. The van der Waals surface area contributed by atoms with Crippen LogP contribution in [0.5, 0.6) is 0 Å². The number of amides is 2. The van der Waals surface area contributed by atoms with E-state index in [2.05, 4.69) is 41.6 Å². The minimum Gasteiger partial charge on any atom is -0.378 e. The van der Waals surface area contributed by atoms with Crippen molar-refractivity contribution < 1.29 is 14.3 Å². The second-order valence-corrected chi connectivity index (χ2v) is 9.63. The van der Waals surface area contributed by atoms with Gasteiger partial charge in [-0.05, 0) is 52.8 Å². The van der Waals surface area contributed by atoms with Gasteiger partial charge in [0.1, 0.15) is 5.65 Å². The molecule has 0 radical (unpaired) electrons. The Balaban J connectivity index is 1.37. The van der Waals surface area contributed by atoms with Gasteiger partial charge in [0.25, 0.3) is 0 Å². The summed E-state index contributed by atoms with van der Waals surface area (Å²) in [7, 11) is 0. The van der Waals surface area contributed by atoms with Crippen molar-refractivity contribution in [3.8, 4) is 11.1 Å². The molecule has 184 valence electrons. The number of nitrogens with one attached hydrogen (secondary N) is 2. The van der Waals surface area contributed by atoms with Gasteiger partial charge in [0.2, 0.25) is 0 Å². The first kappa shape index (κ1) is 22.5. The third-order valence-electron chi connectivity index (χ3n) is 7.56. The lowest BCUT2D eigenvalue weighted by Gasteiger charge is -2.37. The highest BCUT2D eigenvalue weighted by atomic mass is 16.5. The highest BCUT2D eigenvalue weighted by Gasteiger charge is 2.30. The predicted molar refractivity (Wildman–Crippen MR) is 134 cm³/mol. The molecule has 3 aliphatic rings. The zero-order chi connectivity index (χ0) is 23.8. The molecule has 2 amide bonds.